The van der Waals surface area contributed by atoms with Crippen LogP contribution in [0.3, 0.4) is 0 Å². The van der Waals surface area contributed by atoms with Crippen LogP contribution in [-0.2, 0) is 4.74 Å². The van der Waals surface area contributed by atoms with Crippen molar-refractivity contribution in [3.05, 3.63) is 23.8 Å². The Labute approximate surface area is 109 Å². The smallest absolute Gasteiger partial charge is 0.261 e. The van der Waals surface area contributed by atoms with Crippen molar-refractivity contribution >= 4 is 0 Å². The first-order valence-electron chi connectivity index (χ1n) is 6.10. The highest BCUT2D eigenvalue weighted by atomic mass is 19.3. The van der Waals surface area contributed by atoms with E-state index in [0.29, 0.717) is 30.3 Å². The van der Waals surface area contributed by atoms with Crippen LogP contribution in [0.2, 0.25) is 0 Å². The average Bonchev–Trinajstić information content (AvgIpc) is 2.62. The number of aliphatic hydroxyl groups excluding tert-OH is 1. The van der Waals surface area contributed by atoms with E-state index in [1.807, 2.05) is 0 Å². The second-order valence-corrected chi connectivity index (χ2v) is 4.20. The molecule has 2 rings (SSSR count). The van der Waals surface area contributed by atoms with Crippen LogP contribution < -0.4 is 9.47 Å². The largest absolute Gasteiger partial charge is 0.490 e. The molecule has 0 fully saturated rings. The lowest BCUT2D eigenvalue weighted by molar-refractivity contribution is -0.0204. The lowest BCUT2D eigenvalue weighted by Gasteiger charge is -2.14. The third kappa shape index (κ3) is 4.04. The van der Waals surface area contributed by atoms with Gasteiger partial charge in [-0.25, -0.2) is 8.78 Å². The van der Waals surface area contributed by atoms with Gasteiger partial charge >= 0.3 is 0 Å². The van der Waals surface area contributed by atoms with Crippen LogP contribution in [0.1, 0.15) is 18.1 Å². The molecule has 1 aromatic carbocycles. The Morgan fingerprint density at radius 2 is 1.89 bits per heavy atom. The highest BCUT2D eigenvalue weighted by molar-refractivity contribution is 5.44. The summed E-state index contributed by atoms with van der Waals surface area (Å²) < 4.78 is 39.5. The fourth-order valence-corrected chi connectivity index (χ4v) is 1.75. The molecule has 0 saturated heterocycles. The third-order valence-corrected chi connectivity index (χ3v) is 2.68. The summed E-state index contributed by atoms with van der Waals surface area (Å²) in [5.74, 6) is 1.19. The monoisotopic (exact) mass is 274 g/mol. The maximum absolute atomic E-state index is 11.9. The molecule has 1 N–H and O–H groups in total. The van der Waals surface area contributed by atoms with Crippen LogP contribution >= 0.6 is 0 Å². The molecule has 19 heavy (non-hydrogen) atoms. The van der Waals surface area contributed by atoms with Gasteiger partial charge in [0.05, 0.1) is 19.8 Å². The molecule has 4 nitrogen and oxygen atoms in total. The van der Waals surface area contributed by atoms with Crippen LogP contribution in [0.25, 0.3) is 0 Å². The maximum Gasteiger partial charge on any atom is 0.261 e. The van der Waals surface area contributed by atoms with Crippen molar-refractivity contribution in [3.63, 3.8) is 0 Å². The van der Waals surface area contributed by atoms with Crippen molar-refractivity contribution in [2.24, 2.45) is 0 Å². The van der Waals surface area contributed by atoms with E-state index in [1.165, 1.54) is 0 Å². The van der Waals surface area contributed by atoms with Crippen molar-refractivity contribution in [3.8, 4) is 11.5 Å². The first-order chi connectivity index (χ1) is 9.16. The highest BCUT2D eigenvalue weighted by Gasteiger charge is 2.15. The van der Waals surface area contributed by atoms with E-state index in [4.69, 9.17) is 14.2 Å². The number of aliphatic hydroxyl groups is 1. The number of alkyl halides is 2. The van der Waals surface area contributed by atoms with Crippen molar-refractivity contribution in [2.75, 3.05) is 26.4 Å². The Bertz CT molecular complexity index is 412. The van der Waals surface area contributed by atoms with Crippen molar-refractivity contribution in [1.82, 2.24) is 0 Å². The summed E-state index contributed by atoms with van der Waals surface area (Å²) in [5.41, 5.74) is 0.554. The molecule has 0 radical (unpaired) electrons. The lowest BCUT2D eigenvalue weighted by atomic mass is 10.1. The quantitative estimate of drug-likeness (QED) is 0.894. The van der Waals surface area contributed by atoms with E-state index in [-0.39, 0.29) is 6.61 Å². The minimum absolute atomic E-state index is 0.177. The third-order valence-electron chi connectivity index (χ3n) is 2.68. The van der Waals surface area contributed by atoms with E-state index in [1.54, 1.807) is 18.2 Å². The van der Waals surface area contributed by atoms with Gasteiger partial charge < -0.3 is 19.3 Å². The van der Waals surface area contributed by atoms with Gasteiger partial charge in [-0.05, 0) is 17.7 Å². The minimum atomic E-state index is -2.53. The maximum atomic E-state index is 11.9. The molecule has 1 atom stereocenters. The van der Waals surface area contributed by atoms with Crippen molar-refractivity contribution in [1.29, 1.82) is 0 Å². The van der Waals surface area contributed by atoms with Crippen LogP contribution in [0.4, 0.5) is 8.78 Å². The standard InChI is InChI=1S/C13H16F2O4/c14-13(15)8-17-7-10(16)9-2-3-11-12(6-9)19-5-1-4-18-11/h2-3,6,10,13,16H,1,4-5,7-8H2. The van der Waals surface area contributed by atoms with Gasteiger partial charge in [-0.3, -0.25) is 0 Å². The van der Waals surface area contributed by atoms with Gasteiger partial charge in [0.2, 0.25) is 0 Å². The van der Waals surface area contributed by atoms with Gasteiger partial charge in [-0.15, -0.1) is 0 Å². The molecule has 1 heterocycles. The number of ether oxygens (including phenoxy) is 3. The highest BCUT2D eigenvalue weighted by Crippen LogP contribution is 2.32. The van der Waals surface area contributed by atoms with Gasteiger partial charge in [-0.1, -0.05) is 6.07 Å². The molecule has 0 spiro atoms. The van der Waals surface area contributed by atoms with E-state index in [0.717, 1.165) is 6.42 Å². The molecule has 1 aliphatic heterocycles. The molecule has 1 aliphatic rings. The topological polar surface area (TPSA) is 47.9 Å². The van der Waals surface area contributed by atoms with Crippen molar-refractivity contribution < 1.29 is 28.1 Å². The summed E-state index contributed by atoms with van der Waals surface area (Å²) in [6.07, 6.45) is -2.70. The van der Waals surface area contributed by atoms with E-state index >= 15 is 0 Å². The summed E-state index contributed by atoms with van der Waals surface area (Å²) in [6.45, 7) is 0.284. The van der Waals surface area contributed by atoms with E-state index < -0.39 is 19.1 Å². The average molecular weight is 274 g/mol. The lowest BCUT2D eigenvalue weighted by Crippen LogP contribution is -2.12. The summed E-state index contributed by atoms with van der Waals surface area (Å²) >= 11 is 0. The molecule has 106 valence electrons. The number of hydrogen-bond acceptors (Lipinski definition) is 4. The molecule has 1 unspecified atom stereocenters. The van der Waals surface area contributed by atoms with E-state index in [9.17, 15) is 13.9 Å². The molecule has 0 bridgehead atoms. The van der Waals surface area contributed by atoms with Gasteiger partial charge in [-0.2, -0.15) is 0 Å². The van der Waals surface area contributed by atoms with Gasteiger partial charge in [0.25, 0.3) is 6.43 Å². The number of halogens is 2. The fourth-order valence-electron chi connectivity index (χ4n) is 1.75. The van der Waals surface area contributed by atoms with Crippen LogP contribution in [-0.4, -0.2) is 38.0 Å². The van der Waals surface area contributed by atoms with Gasteiger partial charge in [0.1, 0.15) is 12.7 Å². The van der Waals surface area contributed by atoms with E-state index in [2.05, 4.69) is 0 Å². The Balaban J connectivity index is 1.98. The molecule has 6 heteroatoms. The van der Waals surface area contributed by atoms with Crippen LogP contribution in [0.5, 0.6) is 11.5 Å². The second kappa shape index (κ2) is 6.68. The molecular formula is C13H16F2O4. The molecule has 1 aromatic rings. The molecular weight excluding hydrogens is 258 g/mol. The second-order valence-electron chi connectivity index (χ2n) is 4.20. The first-order valence-corrected chi connectivity index (χ1v) is 6.10. The fraction of sp³-hybridized carbons (Fsp3) is 0.538. The Morgan fingerprint density at radius 1 is 1.16 bits per heavy atom. The molecule has 0 aromatic heterocycles. The molecule has 0 amide bonds. The Kier molecular flexibility index (Phi) is 4.93. The Hall–Kier alpha value is -1.40. The van der Waals surface area contributed by atoms with Crippen LogP contribution in [0.15, 0.2) is 18.2 Å². The first kappa shape index (κ1) is 14.0. The molecule has 0 aliphatic carbocycles. The van der Waals surface area contributed by atoms with Crippen LogP contribution in [0, 0.1) is 0 Å². The summed E-state index contributed by atoms with van der Waals surface area (Å²) in [4.78, 5) is 0. The minimum Gasteiger partial charge on any atom is -0.490 e. The zero-order valence-corrected chi connectivity index (χ0v) is 10.4. The summed E-state index contributed by atoms with van der Waals surface area (Å²) in [6, 6.07) is 5.02. The summed E-state index contributed by atoms with van der Waals surface area (Å²) in [5, 5.41) is 9.84. The predicted molar refractivity (Wildman–Crippen MR) is 63.8 cm³/mol. The van der Waals surface area contributed by atoms with Gasteiger partial charge in [0, 0.05) is 6.42 Å². The normalized spacial score (nSPS) is 16.2. The number of benzene rings is 1. The molecule has 0 saturated carbocycles. The Morgan fingerprint density at radius 3 is 2.63 bits per heavy atom. The number of hydrogen-bond donors (Lipinski definition) is 1. The predicted octanol–water partition coefficient (Wildman–Crippen LogP) is 2.16. The number of rotatable bonds is 5. The van der Waals surface area contributed by atoms with Gasteiger partial charge in [0.15, 0.2) is 11.5 Å². The zero-order valence-electron chi connectivity index (χ0n) is 10.4. The van der Waals surface area contributed by atoms with Crippen molar-refractivity contribution in [2.45, 2.75) is 19.0 Å². The SMILES string of the molecule is OC(COCC(F)F)c1ccc2c(c1)OCCCO2. The zero-order chi connectivity index (χ0) is 13.7. The number of fused-ring (bicyclic) bond motifs is 1. The summed E-state index contributed by atoms with van der Waals surface area (Å²) in [7, 11) is 0.